The van der Waals surface area contributed by atoms with E-state index in [2.05, 4.69) is 5.92 Å². The van der Waals surface area contributed by atoms with Crippen LogP contribution in [0.2, 0.25) is 0 Å². The summed E-state index contributed by atoms with van der Waals surface area (Å²) in [7, 11) is 0. The molecule has 0 bridgehead atoms. The summed E-state index contributed by atoms with van der Waals surface area (Å²) < 4.78 is 5.19. The standard InChI is InChI=1S/C9H14O4/c1-3-9(2,12)8-4-6(11)7(5-10)13-8/h1,6-8,10-12H,4-5H2,2H3/t6-,7+,8?,9?/m0/s1. The monoisotopic (exact) mass is 186 g/mol. The first kappa shape index (κ1) is 10.5. The van der Waals surface area contributed by atoms with Crippen LogP contribution in [0.5, 0.6) is 0 Å². The molecule has 0 amide bonds. The molecule has 0 aromatic carbocycles. The lowest BCUT2D eigenvalue weighted by molar-refractivity contribution is -0.0804. The molecule has 4 nitrogen and oxygen atoms in total. The van der Waals surface area contributed by atoms with Gasteiger partial charge in [-0.2, -0.15) is 0 Å². The summed E-state index contributed by atoms with van der Waals surface area (Å²) in [5.41, 5.74) is -1.38. The maximum atomic E-state index is 9.60. The normalized spacial score (nSPS) is 38.2. The van der Waals surface area contributed by atoms with Crippen molar-refractivity contribution < 1.29 is 20.1 Å². The number of ether oxygens (including phenoxy) is 1. The summed E-state index contributed by atoms with van der Waals surface area (Å²) in [5, 5.41) is 27.7. The van der Waals surface area contributed by atoms with Gasteiger partial charge < -0.3 is 20.1 Å². The third-order valence-electron chi connectivity index (χ3n) is 2.32. The van der Waals surface area contributed by atoms with Crippen LogP contribution in [0.3, 0.4) is 0 Å². The van der Waals surface area contributed by atoms with Crippen LogP contribution in [0, 0.1) is 12.3 Å². The maximum Gasteiger partial charge on any atom is 0.148 e. The summed E-state index contributed by atoms with van der Waals surface area (Å²) in [6, 6.07) is 0. The van der Waals surface area contributed by atoms with Crippen molar-refractivity contribution in [2.75, 3.05) is 6.61 Å². The van der Waals surface area contributed by atoms with Crippen molar-refractivity contribution in [2.45, 2.75) is 37.3 Å². The average Bonchev–Trinajstić information content (AvgIpc) is 2.47. The highest BCUT2D eigenvalue weighted by Gasteiger charge is 2.42. The van der Waals surface area contributed by atoms with Crippen LogP contribution in [0.15, 0.2) is 0 Å². The lowest BCUT2D eigenvalue weighted by Crippen LogP contribution is -2.38. The first-order valence-electron chi connectivity index (χ1n) is 4.15. The second kappa shape index (κ2) is 3.64. The van der Waals surface area contributed by atoms with Gasteiger partial charge in [-0.05, 0) is 6.92 Å². The zero-order valence-electron chi connectivity index (χ0n) is 7.47. The Bertz CT molecular complexity index is 218. The zero-order valence-corrected chi connectivity index (χ0v) is 7.47. The second-order valence-corrected chi connectivity index (χ2v) is 3.44. The molecule has 0 radical (unpaired) electrons. The molecule has 3 N–H and O–H groups in total. The van der Waals surface area contributed by atoms with Gasteiger partial charge in [-0.1, -0.05) is 5.92 Å². The molecule has 0 saturated carbocycles. The molecule has 1 rings (SSSR count). The van der Waals surface area contributed by atoms with Crippen LogP contribution in [-0.2, 0) is 4.74 Å². The number of terminal acetylenes is 1. The van der Waals surface area contributed by atoms with Gasteiger partial charge in [-0.3, -0.25) is 0 Å². The smallest absolute Gasteiger partial charge is 0.148 e. The molecule has 4 heteroatoms. The van der Waals surface area contributed by atoms with Gasteiger partial charge in [0.2, 0.25) is 0 Å². The molecular formula is C9H14O4. The van der Waals surface area contributed by atoms with Crippen molar-refractivity contribution in [3.63, 3.8) is 0 Å². The van der Waals surface area contributed by atoms with E-state index in [9.17, 15) is 10.2 Å². The summed E-state index contributed by atoms with van der Waals surface area (Å²) in [6.07, 6.45) is 3.35. The molecule has 4 atom stereocenters. The Hall–Kier alpha value is -0.600. The van der Waals surface area contributed by atoms with Crippen molar-refractivity contribution in [1.29, 1.82) is 0 Å². The minimum atomic E-state index is -1.38. The van der Waals surface area contributed by atoms with Gasteiger partial charge in [-0.15, -0.1) is 6.42 Å². The van der Waals surface area contributed by atoms with E-state index < -0.39 is 23.9 Å². The Morgan fingerprint density at radius 2 is 2.31 bits per heavy atom. The van der Waals surface area contributed by atoms with Crippen LogP contribution in [-0.4, -0.2) is 45.8 Å². The predicted molar refractivity (Wildman–Crippen MR) is 45.8 cm³/mol. The molecule has 1 aliphatic rings. The molecule has 1 fully saturated rings. The minimum absolute atomic E-state index is 0.252. The van der Waals surface area contributed by atoms with Gasteiger partial charge in [0.15, 0.2) is 0 Å². The molecule has 0 aromatic rings. The van der Waals surface area contributed by atoms with E-state index in [1.54, 1.807) is 0 Å². The van der Waals surface area contributed by atoms with Crippen molar-refractivity contribution in [3.05, 3.63) is 0 Å². The summed E-state index contributed by atoms with van der Waals surface area (Å²) in [5.74, 6) is 2.19. The van der Waals surface area contributed by atoms with Crippen LogP contribution >= 0.6 is 0 Å². The van der Waals surface area contributed by atoms with Crippen LogP contribution < -0.4 is 0 Å². The molecule has 1 saturated heterocycles. The molecule has 0 aliphatic carbocycles. The number of hydrogen-bond acceptors (Lipinski definition) is 4. The molecule has 74 valence electrons. The van der Waals surface area contributed by atoms with E-state index in [4.69, 9.17) is 16.3 Å². The van der Waals surface area contributed by atoms with Gasteiger partial charge in [0.25, 0.3) is 0 Å². The van der Waals surface area contributed by atoms with E-state index in [0.717, 1.165) is 0 Å². The SMILES string of the molecule is C#CC(C)(O)C1C[C@H](O)[C@@H](CO)O1. The fourth-order valence-electron chi connectivity index (χ4n) is 1.35. The first-order valence-corrected chi connectivity index (χ1v) is 4.15. The predicted octanol–water partition coefficient (Wildman–Crippen LogP) is -1.12. The fraction of sp³-hybridized carbons (Fsp3) is 0.778. The second-order valence-electron chi connectivity index (χ2n) is 3.44. The van der Waals surface area contributed by atoms with Gasteiger partial charge in [-0.25, -0.2) is 0 Å². The van der Waals surface area contributed by atoms with Gasteiger partial charge in [0.1, 0.15) is 17.8 Å². The van der Waals surface area contributed by atoms with E-state index >= 15 is 0 Å². The van der Waals surface area contributed by atoms with E-state index in [-0.39, 0.29) is 13.0 Å². The minimum Gasteiger partial charge on any atom is -0.394 e. The Labute approximate surface area is 77.1 Å². The number of aliphatic hydroxyl groups excluding tert-OH is 2. The van der Waals surface area contributed by atoms with E-state index in [1.807, 2.05) is 0 Å². The number of aliphatic hydroxyl groups is 3. The lowest BCUT2D eigenvalue weighted by Gasteiger charge is -2.23. The molecule has 0 aromatic heterocycles. The number of rotatable bonds is 2. The average molecular weight is 186 g/mol. The Morgan fingerprint density at radius 3 is 2.69 bits per heavy atom. The maximum absolute atomic E-state index is 9.60. The number of hydrogen-bond donors (Lipinski definition) is 3. The topological polar surface area (TPSA) is 69.9 Å². The van der Waals surface area contributed by atoms with Gasteiger partial charge >= 0.3 is 0 Å². The molecule has 1 aliphatic heterocycles. The third kappa shape index (κ3) is 2.01. The highest BCUT2D eigenvalue weighted by molar-refractivity contribution is 5.11. The van der Waals surface area contributed by atoms with Gasteiger partial charge in [0.05, 0.1) is 12.7 Å². The molecule has 13 heavy (non-hydrogen) atoms. The van der Waals surface area contributed by atoms with Crippen LogP contribution in [0.25, 0.3) is 0 Å². The van der Waals surface area contributed by atoms with Crippen molar-refractivity contribution >= 4 is 0 Å². The molecule has 0 spiro atoms. The highest BCUT2D eigenvalue weighted by Crippen LogP contribution is 2.27. The third-order valence-corrected chi connectivity index (χ3v) is 2.32. The highest BCUT2D eigenvalue weighted by atomic mass is 16.5. The van der Waals surface area contributed by atoms with Gasteiger partial charge in [0, 0.05) is 6.42 Å². The van der Waals surface area contributed by atoms with Crippen molar-refractivity contribution in [1.82, 2.24) is 0 Å². The summed E-state index contributed by atoms with van der Waals surface area (Å²) in [4.78, 5) is 0. The largest absolute Gasteiger partial charge is 0.394 e. The summed E-state index contributed by atoms with van der Waals surface area (Å²) in [6.45, 7) is 1.18. The Morgan fingerprint density at radius 1 is 1.69 bits per heavy atom. The van der Waals surface area contributed by atoms with Crippen LogP contribution in [0.1, 0.15) is 13.3 Å². The molecule has 2 unspecified atom stereocenters. The molecular weight excluding hydrogens is 172 g/mol. The molecule has 1 heterocycles. The van der Waals surface area contributed by atoms with E-state index in [0.29, 0.717) is 0 Å². The van der Waals surface area contributed by atoms with Crippen molar-refractivity contribution in [3.8, 4) is 12.3 Å². The fourth-order valence-corrected chi connectivity index (χ4v) is 1.35. The van der Waals surface area contributed by atoms with Crippen LogP contribution in [0.4, 0.5) is 0 Å². The van der Waals surface area contributed by atoms with E-state index in [1.165, 1.54) is 6.92 Å². The quantitative estimate of drug-likeness (QED) is 0.478. The first-order chi connectivity index (χ1) is 6.01. The Balaban J connectivity index is 2.64. The summed E-state index contributed by atoms with van der Waals surface area (Å²) >= 11 is 0. The Kier molecular flexibility index (Phi) is 2.94. The van der Waals surface area contributed by atoms with Crippen molar-refractivity contribution in [2.24, 2.45) is 0 Å². The zero-order chi connectivity index (χ0) is 10.1. The lowest BCUT2D eigenvalue weighted by atomic mass is 9.97.